The van der Waals surface area contributed by atoms with Crippen molar-refractivity contribution in [2.45, 2.75) is 6.42 Å². The molecule has 1 aromatic rings. The van der Waals surface area contributed by atoms with Gasteiger partial charge in [-0.2, -0.15) is 0 Å². The van der Waals surface area contributed by atoms with Crippen LogP contribution < -0.4 is 10.6 Å². The number of primary amides is 1. The maximum absolute atomic E-state index is 11.1. The molecular weight excluding hydrogens is 198 g/mol. The van der Waals surface area contributed by atoms with Crippen LogP contribution in [0.2, 0.25) is 0 Å². The van der Waals surface area contributed by atoms with Crippen LogP contribution in [-0.2, 0) is 6.42 Å². The molecule has 0 spiro atoms. The molecule has 0 saturated carbocycles. The number of nitro benzene ring substituents is 1. The first-order valence-electron chi connectivity index (χ1n) is 4.44. The van der Waals surface area contributed by atoms with Gasteiger partial charge in [0.2, 0.25) is 0 Å². The number of rotatable bonds is 1. The van der Waals surface area contributed by atoms with Gasteiger partial charge < -0.3 is 5.73 Å². The first-order valence-corrected chi connectivity index (χ1v) is 4.44. The van der Waals surface area contributed by atoms with Gasteiger partial charge in [-0.15, -0.1) is 0 Å². The van der Waals surface area contributed by atoms with Gasteiger partial charge in [-0.3, -0.25) is 15.0 Å². The first kappa shape index (κ1) is 9.45. The highest BCUT2D eigenvalue weighted by atomic mass is 16.6. The number of nitro groups is 1. The van der Waals surface area contributed by atoms with Gasteiger partial charge in [0.15, 0.2) is 0 Å². The van der Waals surface area contributed by atoms with Crippen molar-refractivity contribution in [2.24, 2.45) is 5.73 Å². The zero-order chi connectivity index (χ0) is 11.0. The Morgan fingerprint density at radius 1 is 1.53 bits per heavy atom. The number of carbonyl (C=O) groups is 1. The highest BCUT2D eigenvalue weighted by Crippen LogP contribution is 2.36. The van der Waals surface area contributed by atoms with Gasteiger partial charge in [0, 0.05) is 12.6 Å². The van der Waals surface area contributed by atoms with Crippen molar-refractivity contribution in [1.82, 2.24) is 0 Å². The molecule has 2 rings (SSSR count). The molecule has 2 amide bonds. The minimum absolute atomic E-state index is 0.0659. The third-order valence-electron chi connectivity index (χ3n) is 2.44. The van der Waals surface area contributed by atoms with Crippen molar-refractivity contribution < 1.29 is 9.72 Å². The molecule has 0 atom stereocenters. The quantitative estimate of drug-likeness (QED) is 0.551. The van der Waals surface area contributed by atoms with Gasteiger partial charge in [0.05, 0.1) is 4.92 Å². The molecule has 0 radical (unpaired) electrons. The molecule has 15 heavy (non-hydrogen) atoms. The predicted octanol–water partition coefficient (Wildman–Crippen LogP) is 1.04. The van der Waals surface area contributed by atoms with Crippen molar-refractivity contribution in [2.75, 3.05) is 11.4 Å². The van der Waals surface area contributed by atoms with Crippen LogP contribution in [0, 0.1) is 10.1 Å². The summed E-state index contributed by atoms with van der Waals surface area (Å²) < 4.78 is 0. The van der Waals surface area contributed by atoms with Gasteiger partial charge >= 0.3 is 6.03 Å². The zero-order valence-electron chi connectivity index (χ0n) is 7.84. The summed E-state index contributed by atoms with van der Waals surface area (Å²) in [5.41, 5.74) is 6.22. The van der Waals surface area contributed by atoms with Crippen molar-refractivity contribution >= 4 is 17.4 Å². The summed E-state index contributed by atoms with van der Waals surface area (Å²) in [7, 11) is 0. The number of carbonyl (C=O) groups excluding carboxylic acids is 1. The number of hydrogen-bond donors (Lipinski definition) is 1. The number of fused-ring (bicyclic) bond motifs is 1. The summed E-state index contributed by atoms with van der Waals surface area (Å²) in [5.74, 6) is 0. The summed E-state index contributed by atoms with van der Waals surface area (Å²) in [6, 6.07) is 4.11. The number of nitrogens with zero attached hydrogens (tertiary/aromatic N) is 2. The lowest BCUT2D eigenvalue weighted by atomic mass is 10.1. The van der Waals surface area contributed by atoms with Gasteiger partial charge in [-0.1, -0.05) is 12.1 Å². The minimum Gasteiger partial charge on any atom is -0.351 e. The van der Waals surface area contributed by atoms with Crippen LogP contribution >= 0.6 is 0 Å². The topological polar surface area (TPSA) is 89.5 Å². The lowest BCUT2D eigenvalue weighted by Gasteiger charge is -2.13. The van der Waals surface area contributed by atoms with Gasteiger partial charge in [0.1, 0.15) is 5.69 Å². The molecule has 1 aliphatic rings. The van der Waals surface area contributed by atoms with Crippen molar-refractivity contribution in [3.05, 3.63) is 33.9 Å². The Kier molecular flexibility index (Phi) is 2.03. The molecule has 0 aliphatic carbocycles. The Hall–Kier alpha value is -2.11. The average Bonchev–Trinajstić information content (AvgIpc) is 2.60. The number of benzene rings is 1. The highest BCUT2D eigenvalue weighted by Gasteiger charge is 2.30. The lowest BCUT2D eigenvalue weighted by molar-refractivity contribution is -0.384. The van der Waals surface area contributed by atoms with Crippen LogP contribution in [0.4, 0.5) is 16.2 Å². The molecule has 1 heterocycles. The largest absolute Gasteiger partial charge is 0.351 e. The van der Waals surface area contributed by atoms with E-state index in [0.29, 0.717) is 18.7 Å². The van der Waals surface area contributed by atoms with Crippen LogP contribution in [0.3, 0.4) is 0 Å². The summed E-state index contributed by atoms with van der Waals surface area (Å²) >= 11 is 0. The van der Waals surface area contributed by atoms with Gasteiger partial charge in [-0.05, 0) is 12.0 Å². The monoisotopic (exact) mass is 207 g/mol. The van der Waals surface area contributed by atoms with E-state index in [1.807, 2.05) is 0 Å². The standard InChI is InChI=1S/C9H9N3O3/c10-9(13)11-5-4-6-2-1-3-7(8(6)11)12(14)15/h1-3H,4-5H2,(H2,10,13). The third kappa shape index (κ3) is 1.39. The molecule has 1 aliphatic heterocycles. The van der Waals surface area contributed by atoms with E-state index in [-0.39, 0.29) is 5.69 Å². The Balaban J connectivity index is 2.58. The predicted molar refractivity (Wildman–Crippen MR) is 53.7 cm³/mol. The molecule has 6 nitrogen and oxygen atoms in total. The summed E-state index contributed by atoms with van der Waals surface area (Å²) in [6.45, 7) is 0.412. The Labute approximate surface area is 85.4 Å². The smallest absolute Gasteiger partial charge is 0.319 e. The number of amides is 2. The van der Waals surface area contributed by atoms with E-state index in [9.17, 15) is 14.9 Å². The van der Waals surface area contributed by atoms with E-state index in [4.69, 9.17) is 5.73 Å². The van der Waals surface area contributed by atoms with E-state index in [0.717, 1.165) is 5.56 Å². The van der Waals surface area contributed by atoms with Gasteiger partial charge in [-0.25, -0.2) is 4.79 Å². The van der Waals surface area contributed by atoms with Crippen molar-refractivity contribution in [3.8, 4) is 0 Å². The third-order valence-corrected chi connectivity index (χ3v) is 2.44. The second kappa shape index (κ2) is 3.23. The molecule has 0 saturated heterocycles. The summed E-state index contributed by atoms with van der Waals surface area (Å²) in [4.78, 5) is 22.6. The zero-order valence-corrected chi connectivity index (χ0v) is 7.84. The lowest BCUT2D eigenvalue weighted by Crippen LogP contribution is -2.34. The second-order valence-electron chi connectivity index (χ2n) is 3.28. The molecular formula is C9H9N3O3. The average molecular weight is 207 g/mol. The fraction of sp³-hybridized carbons (Fsp3) is 0.222. The maximum Gasteiger partial charge on any atom is 0.319 e. The van der Waals surface area contributed by atoms with E-state index in [2.05, 4.69) is 0 Å². The van der Waals surface area contributed by atoms with Crippen LogP contribution in [-0.4, -0.2) is 17.5 Å². The van der Waals surface area contributed by atoms with E-state index in [1.54, 1.807) is 12.1 Å². The SMILES string of the molecule is NC(=O)N1CCc2cccc([N+](=O)[O-])c21. The second-order valence-corrected chi connectivity index (χ2v) is 3.28. The van der Waals surface area contributed by atoms with E-state index < -0.39 is 11.0 Å². The normalized spacial score (nSPS) is 13.7. The molecule has 0 unspecified atom stereocenters. The first-order chi connectivity index (χ1) is 7.11. The Morgan fingerprint density at radius 3 is 2.87 bits per heavy atom. The molecule has 2 N–H and O–H groups in total. The number of anilines is 1. The molecule has 0 bridgehead atoms. The molecule has 1 aromatic carbocycles. The molecule has 78 valence electrons. The fourth-order valence-corrected chi connectivity index (χ4v) is 1.80. The maximum atomic E-state index is 11.1. The fourth-order valence-electron chi connectivity index (χ4n) is 1.80. The molecule has 0 fully saturated rings. The highest BCUT2D eigenvalue weighted by molar-refractivity contribution is 5.95. The minimum atomic E-state index is -0.650. The summed E-state index contributed by atoms with van der Waals surface area (Å²) in [5, 5.41) is 10.8. The number of para-hydroxylation sites is 1. The van der Waals surface area contributed by atoms with Crippen molar-refractivity contribution in [3.63, 3.8) is 0 Å². The van der Waals surface area contributed by atoms with Crippen molar-refractivity contribution in [1.29, 1.82) is 0 Å². The number of hydrogen-bond acceptors (Lipinski definition) is 3. The summed E-state index contributed by atoms with van der Waals surface area (Å²) in [6.07, 6.45) is 0.611. The van der Waals surface area contributed by atoms with Gasteiger partial charge in [0.25, 0.3) is 5.69 Å². The number of nitrogens with two attached hydrogens (primary N) is 1. The molecule has 0 aromatic heterocycles. The number of urea groups is 1. The van der Waals surface area contributed by atoms with Crippen LogP contribution in [0.25, 0.3) is 0 Å². The van der Waals surface area contributed by atoms with Crippen LogP contribution in [0.5, 0.6) is 0 Å². The molecule has 6 heteroatoms. The van der Waals surface area contributed by atoms with Crippen LogP contribution in [0.15, 0.2) is 18.2 Å². The van der Waals surface area contributed by atoms with E-state index in [1.165, 1.54) is 11.0 Å². The van der Waals surface area contributed by atoms with Crippen LogP contribution in [0.1, 0.15) is 5.56 Å². The van der Waals surface area contributed by atoms with E-state index >= 15 is 0 Å². The Morgan fingerprint density at radius 2 is 2.27 bits per heavy atom. The Bertz CT molecular complexity index is 444.